The van der Waals surface area contributed by atoms with E-state index in [-0.39, 0.29) is 11.2 Å². The van der Waals surface area contributed by atoms with Crippen molar-refractivity contribution >= 4 is 5.78 Å². The first kappa shape index (κ1) is 13.0. The highest BCUT2D eigenvalue weighted by Crippen LogP contribution is 2.30. The van der Waals surface area contributed by atoms with Gasteiger partial charge in [0.25, 0.3) is 0 Å². The van der Waals surface area contributed by atoms with Crippen molar-refractivity contribution in [2.45, 2.75) is 53.9 Å². The predicted octanol–water partition coefficient (Wildman–Crippen LogP) is 4.11. The molecule has 0 spiro atoms. The molecule has 0 aliphatic rings. The summed E-state index contributed by atoms with van der Waals surface area (Å²) in [5.41, 5.74) is 0.490. The number of hydrogen-bond donors (Lipinski definition) is 0. The summed E-state index contributed by atoms with van der Waals surface area (Å²) in [5.74, 6) is 1.45. The fourth-order valence-electron chi connectivity index (χ4n) is 1.42. The van der Waals surface area contributed by atoms with Crippen LogP contribution in [0.2, 0.25) is 0 Å². The van der Waals surface area contributed by atoms with Gasteiger partial charge in [0.1, 0.15) is 5.76 Å². The van der Waals surface area contributed by atoms with Gasteiger partial charge >= 0.3 is 0 Å². The van der Waals surface area contributed by atoms with Crippen molar-refractivity contribution < 1.29 is 9.21 Å². The Morgan fingerprint density at radius 3 is 1.94 bits per heavy atom. The van der Waals surface area contributed by atoms with Crippen LogP contribution in [-0.4, -0.2) is 5.78 Å². The van der Waals surface area contributed by atoms with E-state index < -0.39 is 5.41 Å². The maximum atomic E-state index is 12.1. The van der Waals surface area contributed by atoms with Gasteiger partial charge in [-0.2, -0.15) is 0 Å². The molecule has 0 saturated carbocycles. The third kappa shape index (κ3) is 2.55. The Kier molecular flexibility index (Phi) is 3.06. The fraction of sp³-hybridized carbons (Fsp3) is 0.643. The van der Waals surface area contributed by atoms with E-state index in [0.717, 1.165) is 11.3 Å². The zero-order valence-electron chi connectivity index (χ0n) is 11.4. The second-order valence-electron chi connectivity index (χ2n) is 6.45. The van der Waals surface area contributed by atoms with E-state index >= 15 is 0 Å². The number of hydrogen-bond acceptors (Lipinski definition) is 2. The molecule has 2 nitrogen and oxygen atoms in total. The van der Waals surface area contributed by atoms with E-state index in [1.54, 1.807) is 0 Å². The molecule has 0 unspecified atom stereocenters. The maximum Gasteiger partial charge on any atom is 0.203 e. The van der Waals surface area contributed by atoms with Crippen molar-refractivity contribution in [1.29, 1.82) is 0 Å². The number of carbonyl (C=O) groups excluding carboxylic acids is 1. The third-order valence-electron chi connectivity index (χ3n) is 2.54. The fourth-order valence-corrected chi connectivity index (χ4v) is 1.42. The molecule has 0 saturated heterocycles. The highest BCUT2D eigenvalue weighted by molar-refractivity contribution is 5.98. The van der Waals surface area contributed by atoms with Gasteiger partial charge in [-0.1, -0.05) is 41.5 Å². The number of aryl methyl sites for hydroxylation is 1. The Bertz CT molecular complexity index is 397. The molecular formula is C14H22O2. The smallest absolute Gasteiger partial charge is 0.203 e. The summed E-state index contributed by atoms with van der Waals surface area (Å²) in [4.78, 5) is 12.1. The Balaban J connectivity index is 3.18. The molecule has 0 atom stereocenters. The van der Waals surface area contributed by atoms with Crippen LogP contribution in [0.25, 0.3) is 0 Å². The zero-order chi connectivity index (χ0) is 12.7. The molecule has 0 amide bonds. The first-order valence-electron chi connectivity index (χ1n) is 5.69. The van der Waals surface area contributed by atoms with E-state index in [0.29, 0.717) is 5.76 Å². The molecule has 0 fully saturated rings. The van der Waals surface area contributed by atoms with Crippen LogP contribution in [-0.2, 0) is 5.41 Å². The largest absolute Gasteiger partial charge is 0.457 e. The minimum absolute atomic E-state index is 0.0544. The highest BCUT2D eigenvalue weighted by Gasteiger charge is 2.29. The minimum atomic E-state index is -0.391. The van der Waals surface area contributed by atoms with Crippen molar-refractivity contribution in [3.8, 4) is 0 Å². The molecule has 0 bridgehead atoms. The number of Topliss-reactive ketones (excluding diaryl/α,β-unsaturated/α-hetero) is 1. The normalized spacial score (nSPS) is 12.9. The lowest BCUT2D eigenvalue weighted by molar-refractivity contribution is 0.0824. The van der Waals surface area contributed by atoms with E-state index in [9.17, 15) is 4.79 Å². The molecule has 1 rings (SSSR count). The van der Waals surface area contributed by atoms with E-state index in [4.69, 9.17) is 4.42 Å². The first-order valence-corrected chi connectivity index (χ1v) is 5.69. The van der Waals surface area contributed by atoms with Gasteiger partial charge in [-0.25, -0.2) is 0 Å². The van der Waals surface area contributed by atoms with Gasteiger partial charge in [0, 0.05) is 10.8 Å². The molecular weight excluding hydrogens is 200 g/mol. The Labute approximate surface area is 98.0 Å². The van der Waals surface area contributed by atoms with Gasteiger partial charge in [0.15, 0.2) is 5.76 Å². The van der Waals surface area contributed by atoms with Crippen LogP contribution in [0.3, 0.4) is 0 Å². The van der Waals surface area contributed by atoms with Crippen molar-refractivity contribution in [2.24, 2.45) is 5.41 Å². The Morgan fingerprint density at radius 1 is 1.12 bits per heavy atom. The van der Waals surface area contributed by atoms with Gasteiger partial charge in [0.05, 0.1) is 0 Å². The maximum absolute atomic E-state index is 12.1. The molecule has 1 aromatic rings. The number of rotatable bonds is 1. The van der Waals surface area contributed by atoms with E-state index in [2.05, 4.69) is 20.8 Å². The standard InChI is InChI=1S/C14H22O2/c1-9-8-10(13(2,3)4)16-11(9)12(15)14(5,6)7/h8H,1-7H3. The second kappa shape index (κ2) is 3.76. The molecule has 90 valence electrons. The molecule has 2 heteroatoms. The van der Waals surface area contributed by atoms with E-state index in [1.807, 2.05) is 33.8 Å². The SMILES string of the molecule is Cc1cc(C(C)(C)C)oc1C(=O)C(C)(C)C. The van der Waals surface area contributed by atoms with Gasteiger partial charge < -0.3 is 4.42 Å². The van der Waals surface area contributed by atoms with Crippen LogP contribution in [0.4, 0.5) is 0 Å². The molecule has 0 aromatic carbocycles. The molecule has 0 radical (unpaired) electrons. The summed E-state index contributed by atoms with van der Waals surface area (Å²) in [5, 5.41) is 0. The van der Waals surface area contributed by atoms with Crippen molar-refractivity contribution in [1.82, 2.24) is 0 Å². The average molecular weight is 222 g/mol. The van der Waals surface area contributed by atoms with E-state index in [1.165, 1.54) is 0 Å². The van der Waals surface area contributed by atoms with Crippen LogP contribution in [0.1, 0.15) is 63.4 Å². The minimum Gasteiger partial charge on any atom is -0.457 e. The zero-order valence-corrected chi connectivity index (χ0v) is 11.4. The van der Waals surface area contributed by atoms with Gasteiger partial charge in [-0.15, -0.1) is 0 Å². The molecule has 16 heavy (non-hydrogen) atoms. The van der Waals surface area contributed by atoms with Crippen molar-refractivity contribution in [2.75, 3.05) is 0 Å². The second-order valence-corrected chi connectivity index (χ2v) is 6.45. The van der Waals surface area contributed by atoms with Gasteiger partial charge in [-0.3, -0.25) is 4.79 Å². The highest BCUT2D eigenvalue weighted by atomic mass is 16.4. The number of ketones is 1. The molecule has 0 aliphatic carbocycles. The predicted molar refractivity (Wildman–Crippen MR) is 65.9 cm³/mol. The topological polar surface area (TPSA) is 30.2 Å². The van der Waals surface area contributed by atoms with Crippen LogP contribution in [0, 0.1) is 12.3 Å². The first-order chi connectivity index (χ1) is 7.03. The summed E-state index contributed by atoms with van der Waals surface area (Å²) >= 11 is 0. The van der Waals surface area contributed by atoms with Crippen LogP contribution in [0.15, 0.2) is 10.5 Å². The lowest BCUT2D eigenvalue weighted by Gasteiger charge is -2.16. The summed E-state index contributed by atoms with van der Waals surface area (Å²) in [6, 6.07) is 1.97. The average Bonchev–Trinajstić information content (AvgIpc) is 2.43. The van der Waals surface area contributed by atoms with Crippen molar-refractivity contribution in [3.63, 3.8) is 0 Å². The lowest BCUT2D eigenvalue weighted by Crippen LogP contribution is -2.20. The van der Waals surface area contributed by atoms with Crippen LogP contribution >= 0.6 is 0 Å². The molecule has 0 aliphatic heterocycles. The summed E-state index contributed by atoms with van der Waals surface area (Å²) in [6.07, 6.45) is 0. The number of carbonyl (C=O) groups is 1. The summed E-state index contributed by atoms with van der Waals surface area (Å²) < 4.78 is 5.72. The number of furan rings is 1. The lowest BCUT2D eigenvalue weighted by atomic mass is 9.88. The molecule has 0 N–H and O–H groups in total. The van der Waals surface area contributed by atoms with Gasteiger partial charge in [0.2, 0.25) is 5.78 Å². The Hall–Kier alpha value is -1.05. The summed E-state index contributed by atoms with van der Waals surface area (Å²) in [6.45, 7) is 13.9. The molecule has 1 heterocycles. The van der Waals surface area contributed by atoms with Crippen LogP contribution in [0.5, 0.6) is 0 Å². The summed E-state index contributed by atoms with van der Waals surface area (Å²) in [7, 11) is 0. The Morgan fingerprint density at radius 2 is 1.62 bits per heavy atom. The molecule has 1 aromatic heterocycles. The quantitative estimate of drug-likeness (QED) is 0.669. The third-order valence-corrected chi connectivity index (χ3v) is 2.54. The van der Waals surface area contributed by atoms with Gasteiger partial charge in [-0.05, 0) is 18.6 Å². The van der Waals surface area contributed by atoms with Crippen molar-refractivity contribution in [3.05, 3.63) is 23.2 Å². The monoisotopic (exact) mass is 222 g/mol. The van der Waals surface area contributed by atoms with Crippen LogP contribution < -0.4 is 0 Å².